The summed E-state index contributed by atoms with van der Waals surface area (Å²) >= 11 is 1.59. The molecule has 0 unspecified atom stereocenters. The van der Waals surface area contributed by atoms with Gasteiger partial charge in [0.1, 0.15) is 6.61 Å². The minimum absolute atomic E-state index is 0.138. The molecule has 0 saturated heterocycles. The zero-order valence-corrected chi connectivity index (χ0v) is 16.9. The molecule has 0 fully saturated rings. The number of fused-ring (bicyclic) bond motifs is 1. The molecule has 3 aromatic rings. The molecule has 0 atom stereocenters. The Bertz CT molecular complexity index is 1090. The van der Waals surface area contributed by atoms with E-state index in [0.29, 0.717) is 18.7 Å². The molecule has 6 heteroatoms. The molecule has 1 aromatic carbocycles. The number of benzene rings is 1. The van der Waals surface area contributed by atoms with Crippen LogP contribution in [0.3, 0.4) is 0 Å². The first-order chi connectivity index (χ1) is 13.5. The van der Waals surface area contributed by atoms with Crippen LogP contribution in [0.15, 0.2) is 54.3 Å². The Kier molecular flexibility index (Phi) is 4.96. The van der Waals surface area contributed by atoms with Crippen LogP contribution < -0.4 is 0 Å². The highest BCUT2D eigenvalue weighted by Crippen LogP contribution is 2.37. The van der Waals surface area contributed by atoms with E-state index in [0.717, 1.165) is 31.8 Å². The van der Waals surface area contributed by atoms with Crippen molar-refractivity contribution in [1.82, 2.24) is 15.1 Å². The summed E-state index contributed by atoms with van der Waals surface area (Å²) in [5.41, 5.74) is 4.63. The number of aryl methyl sites for hydroxylation is 1. The van der Waals surface area contributed by atoms with Crippen LogP contribution >= 0.6 is 11.3 Å². The third-order valence-electron chi connectivity index (χ3n) is 4.60. The fraction of sp³-hybridized carbons (Fsp3) is 0.227. The van der Waals surface area contributed by atoms with E-state index in [1.165, 1.54) is 10.5 Å². The first kappa shape index (κ1) is 18.4. The zero-order valence-electron chi connectivity index (χ0n) is 16.1. The molecular formula is C22H21N3O2S. The second-order valence-electron chi connectivity index (χ2n) is 7.02. The lowest BCUT2D eigenvalue weighted by molar-refractivity contribution is 0.0823. The average molecular weight is 391 g/mol. The van der Waals surface area contributed by atoms with Crippen molar-refractivity contribution in [1.29, 1.82) is 0 Å². The number of carbonyl (C=O) groups is 1. The van der Waals surface area contributed by atoms with Crippen molar-refractivity contribution in [3.63, 3.8) is 0 Å². The second-order valence-corrected chi connectivity index (χ2v) is 8.07. The number of carbonyl (C=O) groups excluding carboxylic acids is 1. The Labute approximate surface area is 168 Å². The minimum Gasteiger partial charge on any atom is -0.497 e. The highest BCUT2D eigenvalue weighted by Gasteiger charge is 2.21. The first-order valence-electron chi connectivity index (χ1n) is 9.08. The third-order valence-corrected chi connectivity index (χ3v) is 5.80. The molecule has 5 nitrogen and oxygen atoms in total. The molecule has 2 aromatic heterocycles. The Balaban J connectivity index is 1.85. The summed E-state index contributed by atoms with van der Waals surface area (Å²) < 4.78 is 6.27. The van der Waals surface area contributed by atoms with Crippen LogP contribution in [0.2, 0.25) is 0 Å². The summed E-state index contributed by atoms with van der Waals surface area (Å²) in [4.78, 5) is 15.3. The lowest BCUT2D eigenvalue weighted by Crippen LogP contribution is -2.23. The van der Waals surface area contributed by atoms with Crippen LogP contribution in [0.1, 0.15) is 21.7 Å². The Morgan fingerprint density at radius 3 is 2.68 bits per heavy atom. The number of allylic oxidation sites excluding steroid dienone is 2. The normalized spacial score (nSPS) is 13.3. The van der Waals surface area contributed by atoms with Crippen LogP contribution in [-0.4, -0.2) is 41.7 Å². The maximum absolute atomic E-state index is 12.6. The molecule has 28 heavy (non-hydrogen) atoms. The number of nitrogens with zero attached hydrogens (tertiary/aromatic N) is 3. The molecule has 0 bridgehead atoms. The van der Waals surface area contributed by atoms with E-state index >= 15 is 0 Å². The summed E-state index contributed by atoms with van der Waals surface area (Å²) in [6.07, 6.45) is 6.40. The largest absolute Gasteiger partial charge is 0.497 e. The summed E-state index contributed by atoms with van der Waals surface area (Å²) in [5, 5.41) is 9.67. The van der Waals surface area contributed by atoms with Gasteiger partial charge in [0, 0.05) is 30.8 Å². The van der Waals surface area contributed by atoms with Gasteiger partial charge in [0.25, 0.3) is 5.91 Å². The van der Waals surface area contributed by atoms with Crippen LogP contribution in [0.4, 0.5) is 0 Å². The SMILES string of the molecule is Cc1ccc(-c2cc3c(CC4=COCC=C4)nnc(C(=O)N(C)C)c3s2)cc1. The standard InChI is InChI=1S/C22H21N3O2S/c1-14-6-8-16(9-7-14)19-12-17-18(11-15-5-4-10-27-13-15)23-24-20(21(17)28-19)22(26)25(2)3/h4-9,12-13H,10-11H2,1-3H3. The van der Waals surface area contributed by atoms with Crippen LogP contribution in [-0.2, 0) is 11.2 Å². The number of hydrogen-bond acceptors (Lipinski definition) is 5. The van der Waals surface area contributed by atoms with Gasteiger partial charge in [-0.3, -0.25) is 4.79 Å². The summed E-state index contributed by atoms with van der Waals surface area (Å²) in [7, 11) is 3.46. The van der Waals surface area contributed by atoms with Crippen molar-refractivity contribution in [2.45, 2.75) is 13.3 Å². The van der Waals surface area contributed by atoms with Gasteiger partial charge in [0.15, 0.2) is 5.69 Å². The fourth-order valence-corrected chi connectivity index (χ4v) is 4.24. The predicted molar refractivity (Wildman–Crippen MR) is 112 cm³/mol. The Morgan fingerprint density at radius 1 is 1.21 bits per heavy atom. The van der Waals surface area contributed by atoms with E-state index in [4.69, 9.17) is 4.74 Å². The number of hydrogen-bond donors (Lipinski definition) is 0. The average Bonchev–Trinajstić information content (AvgIpc) is 3.15. The zero-order chi connectivity index (χ0) is 19.7. The van der Waals surface area contributed by atoms with Gasteiger partial charge in [-0.05, 0) is 30.2 Å². The number of rotatable bonds is 4. The lowest BCUT2D eigenvalue weighted by Gasteiger charge is -2.11. The molecule has 1 aliphatic rings. The maximum Gasteiger partial charge on any atom is 0.275 e. The first-order valence-corrected chi connectivity index (χ1v) is 9.89. The molecular weight excluding hydrogens is 370 g/mol. The number of ether oxygens (including phenoxy) is 1. The number of aromatic nitrogens is 2. The van der Waals surface area contributed by atoms with Crippen LogP contribution in [0.25, 0.3) is 20.5 Å². The highest BCUT2D eigenvalue weighted by molar-refractivity contribution is 7.22. The minimum atomic E-state index is -0.138. The van der Waals surface area contributed by atoms with Crippen LogP contribution in [0, 0.1) is 6.92 Å². The van der Waals surface area contributed by atoms with Crippen molar-refractivity contribution < 1.29 is 9.53 Å². The van der Waals surface area contributed by atoms with Gasteiger partial charge in [-0.2, -0.15) is 5.10 Å². The number of amides is 1. The maximum atomic E-state index is 12.6. The summed E-state index contributed by atoms with van der Waals surface area (Å²) in [5.74, 6) is -0.138. The van der Waals surface area contributed by atoms with Crippen molar-refractivity contribution in [2.24, 2.45) is 0 Å². The van der Waals surface area contributed by atoms with Gasteiger partial charge < -0.3 is 9.64 Å². The second kappa shape index (κ2) is 7.56. The quantitative estimate of drug-likeness (QED) is 0.662. The van der Waals surface area contributed by atoms with Crippen LogP contribution in [0.5, 0.6) is 0 Å². The Morgan fingerprint density at radius 2 is 2.00 bits per heavy atom. The smallest absolute Gasteiger partial charge is 0.275 e. The Hall–Kier alpha value is -2.99. The van der Waals surface area contributed by atoms with E-state index < -0.39 is 0 Å². The topological polar surface area (TPSA) is 55.3 Å². The van der Waals surface area contributed by atoms with E-state index in [9.17, 15) is 4.79 Å². The molecule has 0 aliphatic carbocycles. The van der Waals surface area contributed by atoms with E-state index in [2.05, 4.69) is 47.5 Å². The predicted octanol–water partition coefficient (Wildman–Crippen LogP) is 4.38. The lowest BCUT2D eigenvalue weighted by atomic mass is 10.1. The molecule has 0 radical (unpaired) electrons. The summed E-state index contributed by atoms with van der Waals surface area (Å²) in [6, 6.07) is 10.5. The van der Waals surface area contributed by atoms with Gasteiger partial charge >= 0.3 is 0 Å². The monoisotopic (exact) mass is 391 g/mol. The highest BCUT2D eigenvalue weighted by atomic mass is 32.1. The molecule has 0 spiro atoms. The van der Waals surface area contributed by atoms with Crippen molar-refractivity contribution in [2.75, 3.05) is 20.7 Å². The molecule has 142 valence electrons. The van der Waals surface area contributed by atoms with E-state index in [1.807, 2.05) is 12.2 Å². The molecule has 4 rings (SSSR count). The molecule has 0 saturated carbocycles. The van der Waals surface area contributed by atoms with Gasteiger partial charge in [-0.15, -0.1) is 16.4 Å². The van der Waals surface area contributed by atoms with Crippen molar-refractivity contribution in [3.05, 3.63) is 71.3 Å². The van der Waals surface area contributed by atoms with Gasteiger partial charge in [-0.25, -0.2) is 0 Å². The molecule has 1 aliphatic heterocycles. The van der Waals surface area contributed by atoms with Crippen molar-refractivity contribution >= 4 is 27.3 Å². The van der Waals surface area contributed by atoms with Gasteiger partial charge in [0.2, 0.25) is 0 Å². The van der Waals surface area contributed by atoms with E-state index in [1.54, 1.807) is 31.7 Å². The molecule has 0 N–H and O–H groups in total. The number of thiophene rings is 1. The molecule has 1 amide bonds. The van der Waals surface area contributed by atoms with E-state index in [-0.39, 0.29) is 5.91 Å². The fourth-order valence-electron chi connectivity index (χ4n) is 3.08. The van der Waals surface area contributed by atoms with Crippen molar-refractivity contribution in [3.8, 4) is 10.4 Å². The summed E-state index contributed by atoms with van der Waals surface area (Å²) in [6.45, 7) is 2.67. The van der Waals surface area contributed by atoms with Gasteiger partial charge in [0.05, 0.1) is 16.7 Å². The van der Waals surface area contributed by atoms with Gasteiger partial charge in [-0.1, -0.05) is 35.9 Å². The third kappa shape index (κ3) is 3.55. The molecule has 3 heterocycles.